The van der Waals surface area contributed by atoms with Gasteiger partial charge in [-0.3, -0.25) is 9.69 Å². The van der Waals surface area contributed by atoms with Crippen LogP contribution in [0, 0.1) is 12.7 Å². The number of carbonyl (C=O) groups is 1. The average molecular weight is 331 g/mol. The molecule has 2 heterocycles. The Morgan fingerprint density at radius 2 is 2.04 bits per heavy atom. The second-order valence-electron chi connectivity index (χ2n) is 6.22. The third-order valence-electron chi connectivity index (χ3n) is 4.30. The minimum Gasteiger partial charge on any atom is -0.360 e. The maximum atomic E-state index is 13.2. The summed E-state index contributed by atoms with van der Waals surface area (Å²) in [5, 5.41) is 3.89. The zero-order chi connectivity index (χ0) is 16.9. The Bertz CT molecular complexity index is 693. The van der Waals surface area contributed by atoms with Gasteiger partial charge >= 0.3 is 0 Å². The van der Waals surface area contributed by atoms with Crippen molar-refractivity contribution in [2.75, 3.05) is 26.2 Å². The lowest BCUT2D eigenvalue weighted by Gasteiger charge is -2.34. The van der Waals surface area contributed by atoms with Gasteiger partial charge in [-0.1, -0.05) is 17.3 Å². The number of piperazine rings is 1. The van der Waals surface area contributed by atoms with Gasteiger partial charge in [-0.2, -0.15) is 0 Å². The first-order valence-corrected chi connectivity index (χ1v) is 8.27. The van der Waals surface area contributed by atoms with Crippen LogP contribution in [0.15, 0.2) is 34.9 Å². The molecule has 1 amide bonds. The molecule has 3 rings (SSSR count). The molecule has 6 heteroatoms. The fraction of sp³-hybridized carbons (Fsp3) is 0.444. The minimum atomic E-state index is -0.254. The van der Waals surface area contributed by atoms with Crippen LogP contribution in [0.2, 0.25) is 0 Å². The number of benzene rings is 1. The van der Waals surface area contributed by atoms with Crippen molar-refractivity contribution in [2.24, 2.45) is 0 Å². The van der Waals surface area contributed by atoms with Crippen LogP contribution in [0.5, 0.6) is 0 Å². The summed E-state index contributed by atoms with van der Waals surface area (Å²) in [5.41, 5.74) is 1.75. The molecule has 0 unspecified atom stereocenters. The van der Waals surface area contributed by atoms with Gasteiger partial charge in [0, 0.05) is 38.7 Å². The summed E-state index contributed by atoms with van der Waals surface area (Å²) in [5.74, 6) is 0.740. The Labute approximate surface area is 141 Å². The lowest BCUT2D eigenvalue weighted by Crippen LogP contribution is -2.48. The molecule has 0 spiro atoms. The molecule has 1 aliphatic rings. The van der Waals surface area contributed by atoms with Crippen molar-refractivity contribution in [3.8, 4) is 0 Å². The molecule has 1 fully saturated rings. The predicted molar refractivity (Wildman–Crippen MR) is 87.8 cm³/mol. The van der Waals surface area contributed by atoms with E-state index in [2.05, 4.69) is 10.1 Å². The fourth-order valence-electron chi connectivity index (χ4n) is 2.97. The summed E-state index contributed by atoms with van der Waals surface area (Å²) in [6, 6.07) is 8.38. The SMILES string of the molecule is Cc1cc(CN2CCN(C(=O)CCc3cccc(F)c3)CC2)on1. The van der Waals surface area contributed by atoms with Crippen LogP contribution in [0.3, 0.4) is 0 Å². The molecule has 0 bridgehead atoms. The Hall–Kier alpha value is -2.21. The first-order chi connectivity index (χ1) is 11.6. The zero-order valence-electron chi connectivity index (χ0n) is 13.9. The van der Waals surface area contributed by atoms with Crippen molar-refractivity contribution < 1.29 is 13.7 Å². The fourth-order valence-corrected chi connectivity index (χ4v) is 2.97. The zero-order valence-corrected chi connectivity index (χ0v) is 13.9. The van der Waals surface area contributed by atoms with Crippen LogP contribution in [0.4, 0.5) is 4.39 Å². The summed E-state index contributed by atoms with van der Waals surface area (Å²) in [4.78, 5) is 16.5. The summed E-state index contributed by atoms with van der Waals surface area (Å²) >= 11 is 0. The van der Waals surface area contributed by atoms with E-state index >= 15 is 0 Å². The average Bonchev–Trinajstić information content (AvgIpc) is 2.98. The molecule has 1 aromatic carbocycles. The van der Waals surface area contributed by atoms with Gasteiger partial charge in [0.2, 0.25) is 5.91 Å². The van der Waals surface area contributed by atoms with Gasteiger partial charge in [-0.15, -0.1) is 0 Å². The van der Waals surface area contributed by atoms with Crippen LogP contribution in [-0.4, -0.2) is 47.0 Å². The molecule has 1 aliphatic heterocycles. The first kappa shape index (κ1) is 16.6. The predicted octanol–water partition coefficient (Wildman–Crippen LogP) is 2.40. The van der Waals surface area contributed by atoms with Crippen LogP contribution < -0.4 is 0 Å². The van der Waals surface area contributed by atoms with E-state index < -0.39 is 0 Å². The highest BCUT2D eigenvalue weighted by Gasteiger charge is 2.21. The Morgan fingerprint density at radius 3 is 2.71 bits per heavy atom. The van der Waals surface area contributed by atoms with E-state index in [1.54, 1.807) is 6.07 Å². The molecule has 0 radical (unpaired) electrons. The highest BCUT2D eigenvalue weighted by molar-refractivity contribution is 5.76. The molecule has 24 heavy (non-hydrogen) atoms. The van der Waals surface area contributed by atoms with E-state index in [0.29, 0.717) is 12.8 Å². The molecule has 5 nitrogen and oxygen atoms in total. The van der Waals surface area contributed by atoms with Crippen molar-refractivity contribution in [3.05, 3.63) is 53.2 Å². The van der Waals surface area contributed by atoms with Gasteiger partial charge in [-0.05, 0) is 31.0 Å². The largest absolute Gasteiger partial charge is 0.360 e. The number of aromatic nitrogens is 1. The maximum absolute atomic E-state index is 13.2. The molecular formula is C18H22FN3O2. The normalized spacial score (nSPS) is 15.7. The van der Waals surface area contributed by atoms with Crippen molar-refractivity contribution in [2.45, 2.75) is 26.3 Å². The molecule has 2 aromatic rings. The second kappa shape index (κ2) is 7.57. The third kappa shape index (κ3) is 4.41. The van der Waals surface area contributed by atoms with E-state index in [1.165, 1.54) is 12.1 Å². The number of hydrogen-bond donors (Lipinski definition) is 0. The van der Waals surface area contributed by atoms with Crippen molar-refractivity contribution >= 4 is 5.91 Å². The van der Waals surface area contributed by atoms with Crippen molar-refractivity contribution in [1.29, 1.82) is 0 Å². The number of aryl methyl sites for hydroxylation is 2. The Balaban J connectivity index is 1.43. The number of halogens is 1. The summed E-state index contributed by atoms with van der Waals surface area (Å²) in [7, 11) is 0. The van der Waals surface area contributed by atoms with E-state index in [4.69, 9.17) is 4.52 Å². The van der Waals surface area contributed by atoms with E-state index in [9.17, 15) is 9.18 Å². The Morgan fingerprint density at radius 1 is 1.25 bits per heavy atom. The Kier molecular flexibility index (Phi) is 5.25. The smallest absolute Gasteiger partial charge is 0.222 e. The summed E-state index contributed by atoms with van der Waals surface area (Å²) in [6.07, 6.45) is 0.999. The van der Waals surface area contributed by atoms with E-state index in [1.807, 2.05) is 24.0 Å². The molecule has 0 N–H and O–H groups in total. The van der Waals surface area contributed by atoms with Crippen LogP contribution in [0.1, 0.15) is 23.4 Å². The van der Waals surface area contributed by atoms with Gasteiger partial charge in [0.05, 0.1) is 12.2 Å². The highest BCUT2D eigenvalue weighted by Crippen LogP contribution is 2.12. The second-order valence-corrected chi connectivity index (χ2v) is 6.22. The molecular weight excluding hydrogens is 309 g/mol. The van der Waals surface area contributed by atoms with Crippen LogP contribution in [-0.2, 0) is 17.8 Å². The van der Waals surface area contributed by atoms with Gasteiger partial charge in [0.1, 0.15) is 5.82 Å². The minimum absolute atomic E-state index is 0.134. The number of nitrogens with zero attached hydrogens (tertiary/aromatic N) is 3. The molecule has 1 saturated heterocycles. The van der Waals surface area contributed by atoms with Crippen LogP contribution >= 0.6 is 0 Å². The van der Waals surface area contributed by atoms with Gasteiger partial charge < -0.3 is 9.42 Å². The molecule has 0 atom stereocenters. The lowest BCUT2D eigenvalue weighted by molar-refractivity contribution is -0.133. The van der Waals surface area contributed by atoms with Crippen LogP contribution in [0.25, 0.3) is 0 Å². The molecule has 1 aromatic heterocycles. The third-order valence-corrected chi connectivity index (χ3v) is 4.30. The van der Waals surface area contributed by atoms with Gasteiger partial charge in [-0.25, -0.2) is 4.39 Å². The lowest BCUT2D eigenvalue weighted by atomic mass is 10.1. The van der Waals surface area contributed by atoms with E-state index in [-0.39, 0.29) is 11.7 Å². The number of amides is 1. The van der Waals surface area contributed by atoms with Gasteiger partial charge in [0.25, 0.3) is 0 Å². The maximum Gasteiger partial charge on any atom is 0.222 e. The van der Waals surface area contributed by atoms with Crippen molar-refractivity contribution in [3.63, 3.8) is 0 Å². The standard InChI is InChI=1S/C18H22FN3O2/c1-14-11-17(24-20-14)13-21-7-9-22(10-8-21)18(23)6-5-15-3-2-4-16(19)12-15/h2-4,11-12H,5-10,13H2,1H3. The van der Waals surface area contributed by atoms with Crippen molar-refractivity contribution in [1.82, 2.24) is 15.0 Å². The highest BCUT2D eigenvalue weighted by atomic mass is 19.1. The molecule has 0 saturated carbocycles. The number of rotatable bonds is 5. The summed E-state index contributed by atoms with van der Waals surface area (Å²) < 4.78 is 18.4. The quantitative estimate of drug-likeness (QED) is 0.844. The monoisotopic (exact) mass is 331 g/mol. The van der Waals surface area contributed by atoms with E-state index in [0.717, 1.165) is 49.7 Å². The topological polar surface area (TPSA) is 49.6 Å². The molecule has 128 valence electrons. The van der Waals surface area contributed by atoms with Gasteiger partial charge in [0.15, 0.2) is 5.76 Å². The number of carbonyl (C=O) groups excluding carboxylic acids is 1. The molecule has 0 aliphatic carbocycles. The first-order valence-electron chi connectivity index (χ1n) is 8.27. The summed E-state index contributed by atoms with van der Waals surface area (Å²) in [6.45, 7) is 5.72. The number of hydrogen-bond acceptors (Lipinski definition) is 4.